The molecule has 28 heavy (non-hydrogen) atoms. The maximum atomic E-state index is 13.0. The van der Waals surface area contributed by atoms with Crippen molar-refractivity contribution < 1.29 is 12.9 Å². The maximum Gasteiger partial charge on any atom is 0.278 e. The molecule has 0 atom stereocenters. The smallest absolute Gasteiger partial charge is 0.278 e. The first-order valence-corrected chi connectivity index (χ1v) is 11.0. The van der Waals surface area contributed by atoms with Gasteiger partial charge in [0, 0.05) is 43.7 Å². The van der Waals surface area contributed by atoms with Crippen LogP contribution >= 0.6 is 0 Å². The van der Waals surface area contributed by atoms with Gasteiger partial charge in [0.2, 0.25) is 10.0 Å². The van der Waals surface area contributed by atoms with Gasteiger partial charge in [-0.3, -0.25) is 4.68 Å². The van der Waals surface area contributed by atoms with Crippen molar-refractivity contribution >= 4 is 10.0 Å². The van der Waals surface area contributed by atoms with Gasteiger partial charge in [0.1, 0.15) is 0 Å². The highest BCUT2D eigenvalue weighted by Crippen LogP contribution is 2.39. The monoisotopic (exact) mass is 399 g/mol. The number of sulfonamides is 1. The topological polar surface area (TPSA) is 94.1 Å². The lowest BCUT2D eigenvalue weighted by molar-refractivity contribution is 0.384. The quantitative estimate of drug-likeness (QED) is 0.653. The van der Waals surface area contributed by atoms with E-state index in [0.717, 1.165) is 35.5 Å². The van der Waals surface area contributed by atoms with Crippen molar-refractivity contribution in [2.75, 3.05) is 6.54 Å². The maximum absolute atomic E-state index is 13.0. The van der Waals surface area contributed by atoms with E-state index in [9.17, 15) is 8.42 Å². The SMILES string of the molecule is Cn1nc(-c2nc(C3CC3)no2)c2c1CCN(S(=O)(=O)Cc1ccccc1)C2. The zero-order chi connectivity index (χ0) is 19.3. The second-order valence-corrected chi connectivity index (χ2v) is 9.42. The lowest BCUT2D eigenvalue weighted by Crippen LogP contribution is -2.37. The second-order valence-electron chi connectivity index (χ2n) is 7.45. The minimum absolute atomic E-state index is 0.00878. The third-order valence-corrected chi connectivity index (χ3v) is 7.18. The van der Waals surface area contributed by atoms with E-state index in [4.69, 9.17) is 4.52 Å². The summed E-state index contributed by atoms with van der Waals surface area (Å²) >= 11 is 0. The molecular weight excluding hydrogens is 378 g/mol. The molecule has 1 saturated carbocycles. The molecule has 1 aromatic carbocycles. The average Bonchev–Trinajstić information content (AvgIpc) is 3.33. The molecule has 1 fully saturated rings. The summed E-state index contributed by atoms with van der Waals surface area (Å²) in [5.41, 5.74) is 3.26. The van der Waals surface area contributed by atoms with Gasteiger partial charge < -0.3 is 4.52 Å². The van der Waals surface area contributed by atoms with E-state index >= 15 is 0 Å². The molecule has 0 saturated heterocycles. The predicted molar refractivity (Wildman–Crippen MR) is 102 cm³/mol. The number of aromatic nitrogens is 4. The van der Waals surface area contributed by atoms with Gasteiger partial charge in [-0.25, -0.2) is 8.42 Å². The summed E-state index contributed by atoms with van der Waals surface area (Å²) in [5, 5.41) is 8.62. The zero-order valence-corrected chi connectivity index (χ0v) is 16.4. The van der Waals surface area contributed by atoms with Gasteiger partial charge in [0.15, 0.2) is 11.5 Å². The second kappa shape index (κ2) is 6.52. The fraction of sp³-hybridized carbons (Fsp3) is 0.421. The van der Waals surface area contributed by atoms with E-state index < -0.39 is 10.0 Å². The summed E-state index contributed by atoms with van der Waals surface area (Å²) in [6.07, 6.45) is 2.78. The normalized spacial score (nSPS) is 17.6. The highest BCUT2D eigenvalue weighted by molar-refractivity contribution is 7.88. The summed E-state index contributed by atoms with van der Waals surface area (Å²) in [5.74, 6) is 1.48. The van der Waals surface area contributed by atoms with Crippen molar-refractivity contribution in [1.29, 1.82) is 0 Å². The van der Waals surface area contributed by atoms with Crippen LogP contribution in [0.4, 0.5) is 0 Å². The van der Waals surface area contributed by atoms with Gasteiger partial charge in [-0.15, -0.1) is 0 Å². The molecule has 0 spiro atoms. The van der Waals surface area contributed by atoms with Crippen molar-refractivity contribution in [3.63, 3.8) is 0 Å². The molecule has 0 radical (unpaired) electrons. The molecule has 5 rings (SSSR count). The van der Waals surface area contributed by atoms with Crippen LogP contribution in [0.15, 0.2) is 34.9 Å². The molecule has 0 unspecified atom stereocenters. The number of benzene rings is 1. The largest absolute Gasteiger partial charge is 0.332 e. The summed E-state index contributed by atoms with van der Waals surface area (Å²) in [7, 11) is -1.57. The number of hydrogen-bond acceptors (Lipinski definition) is 6. The number of aryl methyl sites for hydroxylation is 1. The Morgan fingerprint density at radius 1 is 1.21 bits per heavy atom. The van der Waals surface area contributed by atoms with Crippen molar-refractivity contribution in [3.05, 3.63) is 53.0 Å². The van der Waals surface area contributed by atoms with Crippen LogP contribution in [0.2, 0.25) is 0 Å². The van der Waals surface area contributed by atoms with Crippen molar-refractivity contribution in [1.82, 2.24) is 24.2 Å². The molecule has 9 heteroatoms. The third-order valence-electron chi connectivity index (χ3n) is 5.38. The summed E-state index contributed by atoms with van der Waals surface area (Å²) in [4.78, 5) is 4.50. The average molecular weight is 399 g/mol. The number of hydrogen-bond donors (Lipinski definition) is 0. The number of rotatable bonds is 5. The van der Waals surface area contributed by atoms with Gasteiger partial charge in [0.25, 0.3) is 5.89 Å². The Hall–Kier alpha value is -2.52. The minimum Gasteiger partial charge on any atom is -0.332 e. The van der Waals surface area contributed by atoms with Gasteiger partial charge in [-0.05, 0) is 18.4 Å². The Labute approximate surface area is 163 Å². The molecule has 0 N–H and O–H groups in total. The lowest BCUT2D eigenvalue weighted by atomic mass is 10.1. The molecule has 3 heterocycles. The van der Waals surface area contributed by atoms with Crippen LogP contribution in [-0.4, -0.2) is 39.2 Å². The fourth-order valence-electron chi connectivity index (χ4n) is 3.69. The molecule has 1 aliphatic heterocycles. The fourth-order valence-corrected chi connectivity index (χ4v) is 5.18. The van der Waals surface area contributed by atoms with E-state index in [2.05, 4.69) is 15.2 Å². The van der Waals surface area contributed by atoms with Crippen molar-refractivity contribution in [3.8, 4) is 11.6 Å². The highest BCUT2D eigenvalue weighted by Gasteiger charge is 2.34. The molecule has 2 aromatic heterocycles. The van der Waals surface area contributed by atoms with E-state index in [1.807, 2.05) is 37.4 Å². The van der Waals surface area contributed by atoms with Crippen molar-refractivity contribution in [2.45, 2.75) is 37.5 Å². The first-order valence-electron chi connectivity index (χ1n) is 9.42. The van der Waals surface area contributed by atoms with Gasteiger partial charge in [-0.2, -0.15) is 14.4 Å². The van der Waals surface area contributed by atoms with Crippen LogP contribution in [0.5, 0.6) is 0 Å². The van der Waals surface area contributed by atoms with Gasteiger partial charge in [-0.1, -0.05) is 35.5 Å². The summed E-state index contributed by atoms with van der Waals surface area (Å²) in [6.45, 7) is 0.715. The first-order chi connectivity index (χ1) is 13.5. The molecule has 2 aliphatic rings. The van der Waals surface area contributed by atoms with Crippen LogP contribution in [0.1, 0.15) is 41.4 Å². The standard InChI is InChI=1S/C19H21N5O3S/c1-23-16-9-10-24(28(25,26)12-13-5-3-2-4-6-13)11-15(16)17(21-23)19-20-18(22-27-19)14-7-8-14/h2-6,14H,7-12H2,1H3. The van der Waals surface area contributed by atoms with E-state index in [1.165, 1.54) is 4.31 Å². The lowest BCUT2D eigenvalue weighted by Gasteiger charge is -2.26. The molecule has 0 bridgehead atoms. The van der Waals surface area contributed by atoms with Crippen LogP contribution < -0.4 is 0 Å². The molecule has 146 valence electrons. The van der Waals surface area contributed by atoms with Crippen LogP contribution in [-0.2, 0) is 35.8 Å². The molecule has 3 aromatic rings. The van der Waals surface area contributed by atoms with E-state index in [1.54, 1.807) is 4.68 Å². The summed E-state index contributed by atoms with van der Waals surface area (Å²) < 4.78 is 34.7. The Morgan fingerprint density at radius 2 is 2.00 bits per heavy atom. The number of fused-ring (bicyclic) bond motifs is 1. The first kappa shape index (κ1) is 17.6. The predicted octanol–water partition coefficient (Wildman–Crippen LogP) is 2.24. The van der Waals surface area contributed by atoms with Crippen LogP contribution in [0, 0.1) is 0 Å². The Balaban J connectivity index is 1.44. The van der Waals surface area contributed by atoms with Crippen LogP contribution in [0.25, 0.3) is 11.6 Å². The zero-order valence-electron chi connectivity index (χ0n) is 15.6. The molecule has 1 aliphatic carbocycles. The van der Waals surface area contributed by atoms with E-state index in [-0.39, 0.29) is 12.3 Å². The van der Waals surface area contributed by atoms with Crippen molar-refractivity contribution in [2.24, 2.45) is 7.05 Å². The molecule has 8 nitrogen and oxygen atoms in total. The third kappa shape index (κ3) is 3.14. The highest BCUT2D eigenvalue weighted by atomic mass is 32.2. The minimum atomic E-state index is -3.44. The Kier molecular flexibility index (Phi) is 4.09. The Bertz CT molecular complexity index is 1120. The van der Waals surface area contributed by atoms with E-state index in [0.29, 0.717) is 30.5 Å². The number of nitrogens with zero attached hydrogens (tertiary/aromatic N) is 5. The summed E-state index contributed by atoms with van der Waals surface area (Å²) in [6, 6.07) is 9.25. The molecular formula is C19H21N5O3S. The Morgan fingerprint density at radius 3 is 2.75 bits per heavy atom. The van der Waals surface area contributed by atoms with Gasteiger partial charge >= 0.3 is 0 Å². The van der Waals surface area contributed by atoms with Gasteiger partial charge in [0.05, 0.1) is 5.75 Å². The van der Waals surface area contributed by atoms with Crippen LogP contribution in [0.3, 0.4) is 0 Å². The molecule has 0 amide bonds.